The van der Waals surface area contributed by atoms with Crippen molar-refractivity contribution in [3.05, 3.63) is 41.3 Å². The molecule has 0 N–H and O–H groups in total. The van der Waals surface area contributed by atoms with Crippen LogP contribution >= 0.6 is 11.6 Å². The number of nitrogens with zero attached hydrogens (tertiary/aromatic N) is 2. The van der Waals surface area contributed by atoms with E-state index in [2.05, 4.69) is 9.97 Å². The van der Waals surface area contributed by atoms with E-state index < -0.39 is 0 Å². The zero-order valence-corrected chi connectivity index (χ0v) is 10.2. The molecule has 0 bridgehead atoms. The van der Waals surface area contributed by atoms with Crippen molar-refractivity contribution >= 4 is 11.6 Å². The standard InChI is InChI=1S/C12H11ClN2O2/c1-8-6-11(15-12(13)14-8)17-10-5-3-4-9(7-10)16-2/h3-7H,1-2H3. The van der Waals surface area contributed by atoms with Gasteiger partial charge in [0, 0.05) is 17.8 Å². The Morgan fingerprint density at radius 1 is 1.12 bits per heavy atom. The molecule has 0 aliphatic rings. The molecule has 0 saturated heterocycles. The zero-order chi connectivity index (χ0) is 12.3. The summed E-state index contributed by atoms with van der Waals surface area (Å²) in [5.41, 5.74) is 0.753. The van der Waals surface area contributed by atoms with Crippen LogP contribution in [0.1, 0.15) is 5.69 Å². The lowest BCUT2D eigenvalue weighted by Crippen LogP contribution is -1.93. The van der Waals surface area contributed by atoms with Crippen molar-refractivity contribution in [2.75, 3.05) is 7.11 Å². The minimum Gasteiger partial charge on any atom is -0.497 e. The van der Waals surface area contributed by atoms with Crippen molar-refractivity contribution < 1.29 is 9.47 Å². The van der Waals surface area contributed by atoms with E-state index in [1.165, 1.54) is 0 Å². The Hall–Kier alpha value is -1.81. The van der Waals surface area contributed by atoms with Crippen molar-refractivity contribution in [1.29, 1.82) is 0 Å². The predicted molar refractivity (Wildman–Crippen MR) is 64.8 cm³/mol. The van der Waals surface area contributed by atoms with Crippen molar-refractivity contribution in [1.82, 2.24) is 9.97 Å². The highest BCUT2D eigenvalue weighted by atomic mass is 35.5. The molecule has 1 aromatic carbocycles. The molecule has 17 heavy (non-hydrogen) atoms. The van der Waals surface area contributed by atoms with E-state index in [0.717, 1.165) is 11.4 Å². The topological polar surface area (TPSA) is 44.2 Å². The normalized spacial score (nSPS) is 10.1. The van der Waals surface area contributed by atoms with Gasteiger partial charge in [-0.05, 0) is 30.7 Å². The summed E-state index contributed by atoms with van der Waals surface area (Å²) in [6.07, 6.45) is 0. The van der Waals surface area contributed by atoms with E-state index >= 15 is 0 Å². The second-order valence-electron chi connectivity index (χ2n) is 3.40. The van der Waals surface area contributed by atoms with Crippen LogP contribution in [-0.4, -0.2) is 17.1 Å². The molecule has 0 amide bonds. The zero-order valence-electron chi connectivity index (χ0n) is 9.48. The van der Waals surface area contributed by atoms with Gasteiger partial charge in [-0.15, -0.1) is 0 Å². The number of aromatic nitrogens is 2. The maximum atomic E-state index is 5.75. The Kier molecular flexibility index (Phi) is 3.44. The first-order valence-corrected chi connectivity index (χ1v) is 5.38. The molecular weight excluding hydrogens is 240 g/mol. The predicted octanol–water partition coefficient (Wildman–Crippen LogP) is 3.24. The van der Waals surface area contributed by atoms with Crippen LogP contribution < -0.4 is 9.47 Å². The summed E-state index contributed by atoms with van der Waals surface area (Å²) >= 11 is 5.75. The second-order valence-corrected chi connectivity index (χ2v) is 3.74. The van der Waals surface area contributed by atoms with Crippen molar-refractivity contribution in [3.63, 3.8) is 0 Å². The Labute approximate surface area is 104 Å². The number of rotatable bonds is 3. The van der Waals surface area contributed by atoms with E-state index in [-0.39, 0.29) is 5.28 Å². The number of aryl methyl sites for hydroxylation is 1. The van der Waals surface area contributed by atoms with Crippen LogP contribution in [0, 0.1) is 6.92 Å². The summed E-state index contributed by atoms with van der Waals surface area (Å²) in [7, 11) is 1.60. The van der Waals surface area contributed by atoms with E-state index in [0.29, 0.717) is 11.6 Å². The molecule has 0 aliphatic heterocycles. The van der Waals surface area contributed by atoms with Crippen LogP contribution in [0.5, 0.6) is 17.4 Å². The maximum Gasteiger partial charge on any atom is 0.225 e. The summed E-state index contributed by atoms with van der Waals surface area (Å²) in [5.74, 6) is 1.77. The molecule has 4 nitrogen and oxygen atoms in total. The first-order valence-electron chi connectivity index (χ1n) is 5.00. The fourth-order valence-electron chi connectivity index (χ4n) is 1.34. The Bertz CT molecular complexity index is 511. The van der Waals surface area contributed by atoms with Gasteiger partial charge in [-0.2, -0.15) is 4.98 Å². The molecule has 0 fully saturated rings. The van der Waals surface area contributed by atoms with Gasteiger partial charge in [0.25, 0.3) is 0 Å². The fraction of sp³-hybridized carbons (Fsp3) is 0.167. The lowest BCUT2D eigenvalue weighted by atomic mass is 10.3. The molecule has 0 aliphatic carbocycles. The molecule has 2 aromatic rings. The summed E-state index contributed by atoms with van der Waals surface area (Å²) in [6.45, 7) is 1.83. The maximum absolute atomic E-state index is 5.75. The Morgan fingerprint density at radius 2 is 1.88 bits per heavy atom. The molecule has 1 heterocycles. The van der Waals surface area contributed by atoms with Gasteiger partial charge in [0.1, 0.15) is 11.5 Å². The monoisotopic (exact) mass is 250 g/mol. The molecule has 0 unspecified atom stereocenters. The van der Waals surface area contributed by atoms with Gasteiger partial charge in [0.2, 0.25) is 11.2 Å². The largest absolute Gasteiger partial charge is 0.497 e. The van der Waals surface area contributed by atoms with Gasteiger partial charge in [0.15, 0.2) is 0 Å². The molecule has 5 heteroatoms. The summed E-state index contributed by atoms with van der Waals surface area (Å²) in [6, 6.07) is 8.97. The number of halogens is 1. The van der Waals surface area contributed by atoms with Gasteiger partial charge in [-0.25, -0.2) is 4.98 Å². The SMILES string of the molecule is COc1cccc(Oc2cc(C)nc(Cl)n2)c1. The average Bonchev–Trinajstić information content (AvgIpc) is 2.28. The number of ether oxygens (including phenoxy) is 2. The van der Waals surface area contributed by atoms with Crippen LogP contribution in [0.4, 0.5) is 0 Å². The van der Waals surface area contributed by atoms with E-state index in [1.54, 1.807) is 19.2 Å². The third kappa shape index (κ3) is 3.07. The minimum absolute atomic E-state index is 0.169. The molecule has 0 saturated carbocycles. The molecule has 1 aromatic heterocycles. The smallest absolute Gasteiger partial charge is 0.225 e. The number of benzene rings is 1. The molecule has 88 valence electrons. The van der Waals surface area contributed by atoms with Gasteiger partial charge in [-0.1, -0.05) is 6.07 Å². The summed E-state index contributed by atoms with van der Waals surface area (Å²) in [4.78, 5) is 7.94. The minimum atomic E-state index is 0.169. The Balaban J connectivity index is 2.24. The number of methoxy groups -OCH3 is 1. The van der Waals surface area contributed by atoms with Crippen molar-refractivity contribution in [3.8, 4) is 17.4 Å². The lowest BCUT2D eigenvalue weighted by molar-refractivity contribution is 0.407. The van der Waals surface area contributed by atoms with Crippen molar-refractivity contribution in [2.45, 2.75) is 6.92 Å². The van der Waals surface area contributed by atoms with Gasteiger partial charge < -0.3 is 9.47 Å². The first-order chi connectivity index (χ1) is 8.17. The summed E-state index contributed by atoms with van der Waals surface area (Å²) in [5, 5.41) is 0.169. The molecule has 0 radical (unpaired) electrons. The van der Waals surface area contributed by atoms with Crippen LogP contribution in [0.2, 0.25) is 5.28 Å². The molecule has 0 atom stereocenters. The number of hydrogen-bond acceptors (Lipinski definition) is 4. The van der Waals surface area contributed by atoms with Crippen LogP contribution in [-0.2, 0) is 0 Å². The summed E-state index contributed by atoms with van der Waals surface area (Å²) < 4.78 is 10.7. The van der Waals surface area contributed by atoms with E-state index in [9.17, 15) is 0 Å². The third-order valence-electron chi connectivity index (χ3n) is 2.07. The van der Waals surface area contributed by atoms with Gasteiger partial charge >= 0.3 is 0 Å². The first kappa shape index (κ1) is 11.7. The van der Waals surface area contributed by atoms with E-state index in [4.69, 9.17) is 21.1 Å². The molecular formula is C12H11ClN2O2. The number of hydrogen-bond donors (Lipinski definition) is 0. The quantitative estimate of drug-likeness (QED) is 0.785. The lowest BCUT2D eigenvalue weighted by Gasteiger charge is -2.06. The highest BCUT2D eigenvalue weighted by molar-refractivity contribution is 6.28. The fourth-order valence-corrected chi connectivity index (χ4v) is 1.56. The van der Waals surface area contributed by atoms with Crippen LogP contribution in [0.25, 0.3) is 0 Å². The highest BCUT2D eigenvalue weighted by Crippen LogP contribution is 2.24. The van der Waals surface area contributed by atoms with Gasteiger partial charge in [-0.3, -0.25) is 0 Å². The third-order valence-corrected chi connectivity index (χ3v) is 2.24. The average molecular weight is 251 g/mol. The van der Waals surface area contributed by atoms with Crippen LogP contribution in [0.3, 0.4) is 0 Å². The van der Waals surface area contributed by atoms with Crippen molar-refractivity contribution in [2.24, 2.45) is 0 Å². The van der Waals surface area contributed by atoms with E-state index in [1.807, 2.05) is 25.1 Å². The Morgan fingerprint density at radius 3 is 2.59 bits per heavy atom. The second kappa shape index (κ2) is 5.01. The molecule has 0 spiro atoms. The van der Waals surface area contributed by atoms with Crippen LogP contribution in [0.15, 0.2) is 30.3 Å². The highest BCUT2D eigenvalue weighted by Gasteiger charge is 2.03. The molecule has 2 rings (SSSR count). The van der Waals surface area contributed by atoms with Gasteiger partial charge in [0.05, 0.1) is 7.11 Å².